The summed E-state index contributed by atoms with van der Waals surface area (Å²) >= 11 is 0. The van der Waals surface area contributed by atoms with Crippen molar-refractivity contribution in [3.05, 3.63) is 11.4 Å². The van der Waals surface area contributed by atoms with E-state index in [1.165, 1.54) is 0 Å². The van der Waals surface area contributed by atoms with Gasteiger partial charge in [-0.25, -0.2) is 9.97 Å². The molecule has 17 heavy (non-hydrogen) atoms. The van der Waals surface area contributed by atoms with Crippen molar-refractivity contribution in [1.29, 1.82) is 0 Å². The first kappa shape index (κ1) is 13.7. The highest BCUT2D eigenvalue weighted by Gasteiger charge is 2.17. The molecule has 2 N–H and O–H groups in total. The predicted molar refractivity (Wildman–Crippen MR) is 73.4 cm³/mol. The van der Waals surface area contributed by atoms with Crippen LogP contribution in [0.3, 0.4) is 0 Å². The van der Waals surface area contributed by atoms with E-state index in [-0.39, 0.29) is 0 Å². The van der Waals surface area contributed by atoms with E-state index in [1.54, 1.807) is 0 Å². The average Bonchev–Trinajstić information content (AvgIpc) is 2.30. The molecule has 0 spiro atoms. The van der Waals surface area contributed by atoms with E-state index in [4.69, 9.17) is 5.73 Å². The van der Waals surface area contributed by atoms with Crippen LogP contribution in [-0.2, 0) is 0 Å². The molecule has 4 nitrogen and oxygen atoms in total. The molecule has 0 fully saturated rings. The van der Waals surface area contributed by atoms with Crippen molar-refractivity contribution in [2.75, 3.05) is 17.7 Å². The molecule has 1 atom stereocenters. The van der Waals surface area contributed by atoms with Gasteiger partial charge in [-0.1, -0.05) is 20.8 Å². The van der Waals surface area contributed by atoms with Gasteiger partial charge in [-0.05, 0) is 20.3 Å². The van der Waals surface area contributed by atoms with Crippen LogP contribution >= 0.6 is 0 Å². The highest BCUT2D eigenvalue weighted by Crippen LogP contribution is 2.25. The van der Waals surface area contributed by atoms with Crippen LogP contribution in [0, 0.1) is 6.92 Å². The molecule has 1 rings (SSSR count). The number of anilines is 2. The molecule has 0 amide bonds. The predicted octanol–water partition coefficient (Wildman–Crippen LogP) is 2.73. The van der Waals surface area contributed by atoms with Crippen LogP contribution in [0.1, 0.15) is 51.4 Å². The molecule has 1 aromatic rings. The molecule has 0 aliphatic carbocycles. The summed E-state index contributed by atoms with van der Waals surface area (Å²) < 4.78 is 0. The van der Waals surface area contributed by atoms with E-state index < -0.39 is 0 Å². The van der Waals surface area contributed by atoms with Gasteiger partial charge < -0.3 is 10.6 Å². The van der Waals surface area contributed by atoms with Gasteiger partial charge in [0.05, 0.1) is 0 Å². The van der Waals surface area contributed by atoms with Gasteiger partial charge in [0.25, 0.3) is 0 Å². The molecule has 96 valence electrons. The van der Waals surface area contributed by atoms with Crippen LogP contribution in [0.5, 0.6) is 0 Å². The molecule has 1 heterocycles. The Hall–Kier alpha value is -1.32. The SMILES string of the molecule is CCC(C)N(C)c1nc(C(C)C)nc(N)c1C. The Balaban J connectivity index is 3.22. The molecule has 1 aromatic heterocycles. The zero-order valence-corrected chi connectivity index (χ0v) is 11.8. The molecule has 0 aliphatic rings. The van der Waals surface area contributed by atoms with Crippen LogP contribution in [0.15, 0.2) is 0 Å². The van der Waals surface area contributed by atoms with Crippen molar-refractivity contribution in [3.8, 4) is 0 Å². The first-order chi connectivity index (χ1) is 7.88. The fraction of sp³-hybridized carbons (Fsp3) is 0.692. The zero-order valence-electron chi connectivity index (χ0n) is 11.8. The van der Waals surface area contributed by atoms with E-state index in [0.29, 0.717) is 17.8 Å². The number of rotatable bonds is 4. The number of aromatic nitrogens is 2. The lowest BCUT2D eigenvalue weighted by Gasteiger charge is -2.27. The van der Waals surface area contributed by atoms with E-state index in [2.05, 4.69) is 49.6 Å². The second kappa shape index (κ2) is 5.34. The maximum absolute atomic E-state index is 5.96. The van der Waals surface area contributed by atoms with Crippen molar-refractivity contribution in [2.45, 2.75) is 53.0 Å². The smallest absolute Gasteiger partial charge is 0.137 e. The van der Waals surface area contributed by atoms with Gasteiger partial charge >= 0.3 is 0 Å². The highest BCUT2D eigenvalue weighted by molar-refractivity contribution is 5.56. The summed E-state index contributed by atoms with van der Waals surface area (Å²) in [4.78, 5) is 11.2. The van der Waals surface area contributed by atoms with Gasteiger partial charge in [0.1, 0.15) is 17.5 Å². The van der Waals surface area contributed by atoms with E-state index >= 15 is 0 Å². The van der Waals surface area contributed by atoms with Crippen molar-refractivity contribution in [2.24, 2.45) is 0 Å². The number of hydrogen-bond acceptors (Lipinski definition) is 4. The third-order valence-corrected chi connectivity index (χ3v) is 3.28. The van der Waals surface area contributed by atoms with E-state index in [1.807, 2.05) is 6.92 Å². The Morgan fingerprint density at radius 3 is 2.29 bits per heavy atom. The molecular weight excluding hydrogens is 212 g/mol. The third-order valence-electron chi connectivity index (χ3n) is 3.28. The zero-order chi connectivity index (χ0) is 13.2. The molecule has 0 radical (unpaired) electrons. The summed E-state index contributed by atoms with van der Waals surface area (Å²) in [7, 11) is 2.06. The largest absolute Gasteiger partial charge is 0.383 e. The third kappa shape index (κ3) is 2.87. The molecule has 0 saturated heterocycles. The van der Waals surface area contributed by atoms with Crippen LogP contribution in [-0.4, -0.2) is 23.1 Å². The fourth-order valence-corrected chi connectivity index (χ4v) is 1.62. The summed E-state index contributed by atoms with van der Waals surface area (Å²) in [5, 5.41) is 0. The second-order valence-electron chi connectivity index (χ2n) is 4.94. The van der Waals surface area contributed by atoms with Crippen LogP contribution in [0.25, 0.3) is 0 Å². The Morgan fingerprint density at radius 2 is 1.82 bits per heavy atom. The normalized spacial score (nSPS) is 12.9. The Kier molecular flexibility index (Phi) is 4.32. The lowest BCUT2D eigenvalue weighted by atomic mass is 10.1. The van der Waals surface area contributed by atoms with Gasteiger partial charge in [0.15, 0.2) is 0 Å². The fourth-order valence-electron chi connectivity index (χ4n) is 1.62. The minimum absolute atomic E-state index is 0.294. The summed E-state index contributed by atoms with van der Waals surface area (Å²) in [5.74, 6) is 2.66. The van der Waals surface area contributed by atoms with Gasteiger partial charge in [0, 0.05) is 24.6 Å². The number of nitrogen functional groups attached to an aromatic ring is 1. The van der Waals surface area contributed by atoms with Gasteiger partial charge in [0.2, 0.25) is 0 Å². The van der Waals surface area contributed by atoms with Crippen LogP contribution in [0.4, 0.5) is 11.6 Å². The van der Waals surface area contributed by atoms with Crippen molar-refractivity contribution in [3.63, 3.8) is 0 Å². The molecule has 0 aromatic carbocycles. The minimum Gasteiger partial charge on any atom is -0.383 e. The second-order valence-corrected chi connectivity index (χ2v) is 4.94. The van der Waals surface area contributed by atoms with Gasteiger partial charge in [-0.2, -0.15) is 0 Å². The summed E-state index contributed by atoms with van der Waals surface area (Å²) in [6.45, 7) is 10.5. The first-order valence-corrected chi connectivity index (χ1v) is 6.25. The Bertz CT molecular complexity index is 387. The maximum Gasteiger partial charge on any atom is 0.137 e. The molecule has 0 bridgehead atoms. The Labute approximate surface area is 104 Å². The standard InChI is InChI=1S/C13H24N4/c1-7-9(4)17(6)13-10(5)11(14)15-12(16-13)8(2)3/h8-9H,7H2,1-6H3,(H2,14,15,16). The van der Waals surface area contributed by atoms with Crippen molar-refractivity contribution in [1.82, 2.24) is 9.97 Å². The molecule has 1 unspecified atom stereocenters. The lowest BCUT2D eigenvalue weighted by molar-refractivity contribution is 0.648. The van der Waals surface area contributed by atoms with Gasteiger partial charge in [-0.3, -0.25) is 0 Å². The molecular formula is C13H24N4. The lowest BCUT2D eigenvalue weighted by Crippen LogP contribution is -2.30. The molecule has 0 aliphatic heterocycles. The molecule has 0 saturated carbocycles. The maximum atomic E-state index is 5.96. The van der Waals surface area contributed by atoms with Gasteiger partial charge in [-0.15, -0.1) is 0 Å². The average molecular weight is 236 g/mol. The topological polar surface area (TPSA) is 55.0 Å². The first-order valence-electron chi connectivity index (χ1n) is 6.25. The van der Waals surface area contributed by atoms with Crippen molar-refractivity contribution >= 4 is 11.6 Å². The number of nitrogens with zero attached hydrogens (tertiary/aromatic N) is 3. The van der Waals surface area contributed by atoms with Crippen molar-refractivity contribution < 1.29 is 0 Å². The van der Waals surface area contributed by atoms with Crippen LogP contribution in [0.2, 0.25) is 0 Å². The highest BCUT2D eigenvalue weighted by atomic mass is 15.2. The Morgan fingerprint density at radius 1 is 1.24 bits per heavy atom. The van der Waals surface area contributed by atoms with E-state index in [0.717, 1.165) is 23.6 Å². The van der Waals surface area contributed by atoms with Crippen LogP contribution < -0.4 is 10.6 Å². The summed E-state index contributed by atoms with van der Waals surface area (Å²) in [6.07, 6.45) is 1.08. The van der Waals surface area contributed by atoms with E-state index in [9.17, 15) is 0 Å². The number of nitrogens with two attached hydrogens (primary N) is 1. The summed E-state index contributed by atoms with van der Waals surface area (Å²) in [5.41, 5.74) is 6.93. The summed E-state index contributed by atoms with van der Waals surface area (Å²) in [6, 6.07) is 0.447. The minimum atomic E-state index is 0.294. The molecule has 4 heteroatoms. The monoisotopic (exact) mass is 236 g/mol. The quantitative estimate of drug-likeness (QED) is 0.873. The number of hydrogen-bond donors (Lipinski definition) is 1.